The van der Waals surface area contributed by atoms with Gasteiger partial charge in [-0.05, 0) is 17.7 Å². The van der Waals surface area contributed by atoms with E-state index in [4.69, 9.17) is 22.1 Å². The van der Waals surface area contributed by atoms with Crippen LogP contribution < -0.4 is 10.5 Å². The standard InChI is InChI=1S/C14H13BrClNO/c15-11-8-12(16)14(13(17)9-11)18-7-6-10-4-2-1-3-5-10/h1-5,8-9H,6-7,17H2. The second-order valence-corrected chi connectivity index (χ2v) is 5.21. The first-order valence-electron chi connectivity index (χ1n) is 5.58. The molecule has 94 valence electrons. The SMILES string of the molecule is Nc1cc(Br)cc(Cl)c1OCCc1ccccc1. The van der Waals surface area contributed by atoms with Gasteiger partial charge in [0.05, 0.1) is 17.3 Å². The zero-order valence-electron chi connectivity index (χ0n) is 9.70. The maximum atomic E-state index is 6.08. The van der Waals surface area contributed by atoms with Gasteiger partial charge in [0.1, 0.15) is 0 Å². The molecule has 0 unspecified atom stereocenters. The summed E-state index contributed by atoms with van der Waals surface area (Å²) in [5, 5.41) is 0.523. The molecule has 0 aliphatic rings. The average Bonchev–Trinajstić information content (AvgIpc) is 2.34. The molecule has 4 heteroatoms. The molecule has 2 N–H and O–H groups in total. The number of nitrogen functional groups attached to an aromatic ring is 1. The molecule has 0 fully saturated rings. The van der Waals surface area contributed by atoms with E-state index in [-0.39, 0.29) is 0 Å². The third kappa shape index (κ3) is 3.40. The maximum Gasteiger partial charge on any atom is 0.160 e. The van der Waals surface area contributed by atoms with E-state index in [1.165, 1.54) is 5.56 Å². The number of benzene rings is 2. The van der Waals surface area contributed by atoms with E-state index in [2.05, 4.69) is 28.1 Å². The summed E-state index contributed by atoms with van der Waals surface area (Å²) in [7, 11) is 0. The third-order valence-corrected chi connectivity index (χ3v) is 3.26. The molecule has 0 amide bonds. The van der Waals surface area contributed by atoms with Crippen molar-refractivity contribution in [2.45, 2.75) is 6.42 Å². The van der Waals surface area contributed by atoms with Crippen molar-refractivity contribution in [2.75, 3.05) is 12.3 Å². The average molecular weight is 327 g/mol. The molecule has 2 rings (SSSR count). The lowest BCUT2D eigenvalue weighted by atomic mass is 10.2. The molecule has 0 aliphatic heterocycles. The molecule has 2 aromatic carbocycles. The van der Waals surface area contributed by atoms with Gasteiger partial charge in [-0.2, -0.15) is 0 Å². The van der Waals surface area contributed by atoms with Crippen LogP contribution in [0, 0.1) is 0 Å². The summed E-state index contributed by atoms with van der Waals surface area (Å²) in [6.45, 7) is 0.551. The summed E-state index contributed by atoms with van der Waals surface area (Å²) in [6.07, 6.45) is 0.826. The summed E-state index contributed by atoms with van der Waals surface area (Å²) in [5.74, 6) is 0.552. The summed E-state index contributed by atoms with van der Waals surface area (Å²) >= 11 is 9.41. The molecule has 0 saturated carbocycles. The Labute approximate surface area is 120 Å². The van der Waals surface area contributed by atoms with Crippen molar-refractivity contribution in [1.29, 1.82) is 0 Å². The smallest absolute Gasteiger partial charge is 0.160 e. The molecule has 0 saturated heterocycles. The molecule has 0 aliphatic carbocycles. The summed E-state index contributed by atoms with van der Waals surface area (Å²) in [6, 6.07) is 13.7. The molecule has 0 bridgehead atoms. The Bertz CT molecular complexity index is 508. The number of rotatable bonds is 4. The number of halogens is 2. The van der Waals surface area contributed by atoms with Gasteiger partial charge < -0.3 is 10.5 Å². The Morgan fingerprint density at radius 3 is 2.56 bits per heavy atom. The largest absolute Gasteiger partial charge is 0.490 e. The van der Waals surface area contributed by atoms with Crippen LogP contribution in [-0.2, 0) is 6.42 Å². The Kier molecular flexibility index (Phi) is 4.50. The van der Waals surface area contributed by atoms with Crippen LogP contribution in [0.3, 0.4) is 0 Å². The van der Waals surface area contributed by atoms with Crippen LogP contribution in [0.4, 0.5) is 5.69 Å². The van der Waals surface area contributed by atoms with Crippen LogP contribution >= 0.6 is 27.5 Å². The van der Waals surface area contributed by atoms with Crippen molar-refractivity contribution in [2.24, 2.45) is 0 Å². The van der Waals surface area contributed by atoms with Crippen LogP contribution in [0.15, 0.2) is 46.9 Å². The maximum absolute atomic E-state index is 6.08. The highest BCUT2D eigenvalue weighted by atomic mass is 79.9. The first-order chi connectivity index (χ1) is 8.66. The minimum absolute atomic E-state index is 0.523. The van der Waals surface area contributed by atoms with Gasteiger partial charge in [0.2, 0.25) is 0 Å². The van der Waals surface area contributed by atoms with Gasteiger partial charge in [0.25, 0.3) is 0 Å². The Balaban J connectivity index is 1.99. The monoisotopic (exact) mass is 325 g/mol. The van der Waals surface area contributed by atoms with Crippen molar-refractivity contribution < 1.29 is 4.74 Å². The van der Waals surface area contributed by atoms with Crippen LogP contribution in [0.2, 0.25) is 5.02 Å². The van der Waals surface area contributed by atoms with Gasteiger partial charge in [-0.15, -0.1) is 0 Å². The predicted octanol–water partition coefficient (Wildman–Crippen LogP) is 4.31. The predicted molar refractivity (Wildman–Crippen MR) is 79.2 cm³/mol. The van der Waals surface area contributed by atoms with Crippen LogP contribution in [0.5, 0.6) is 5.75 Å². The Hall–Kier alpha value is -1.19. The van der Waals surface area contributed by atoms with E-state index in [1.807, 2.05) is 18.2 Å². The first kappa shape index (κ1) is 13.2. The minimum Gasteiger partial charge on any atom is -0.490 e. The van der Waals surface area contributed by atoms with Gasteiger partial charge in [0, 0.05) is 10.9 Å². The number of hydrogen-bond donors (Lipinski definition) is 1. The molecule has 0 aromatic heterocycles. The van der Waals surface area contributed by atoms with Crippen molar-refractivity contribution in [3.05, 3.63) is 57.5 Å². The van der Waals surface area contributed by atoms with Crippen LogP contribution in [-0.4, -0.2) is 6.61 Å². The fourth-order valence-corrected chi connectivity index (χ4v) is 2.54. The highest BCUT2D eigenvalue weighted by Crippen LogP contribution is 2.34. The highest BCUT2D eigenvalue weighted by Gasteiger charge is 2.07. The summed E-state index contributed by atoms with van der Waals surface area (Å²) in [4.78, 5) is 0. The third-order valence-electron chi connectivity index (χ3n) is 2.52. The van der Waals surface area contributed by atoms with Gasteiger partial charge in [0.15, 0.2) is 5.75 Å². The molecule has 0 radical (unpaired) electrons. The number of ether oxygens (including phenoxy) is 1. The lowest BCUT2D eigenvalue weighted by molar-refractivity contribution is 0.324. The van der Waals surface area contributed by atoms with Crippen molar-refractivity contribution >= 4 is 33.2 Å². The quantitative estimate of drug-likeness (QED) is 0.850. The summed E-state index contributed by atoms with van der Waals surface area (Å²) in [5.41, 5.74) is 7.63. The Morgan fingerprint density at radius 1 is 1.17 bits per heavy atom. The normalized spacial score (nSPS) is 10.3. The number of hydrogen-bond acceptors (Lipinski definition) is 2. The molecule has 0 spiro atoms. The fraction of sp³-hybridized carbons (Fsp3) is 0.143. The van der Waals surface area contributed by atoms with Gasteiger partial charge in [-0.25, -0.2) is 0 Å². The lowest BCUT2D eigenvalue weighted by Gasteiger charge is -2.11. The Morgan fingerprint density at radius 2 is 1.89 bits per heavy atom. The summed E-state index contributed by atoms with van der Waals surface area (Å²) < 4.78 is 6.50. The highest BCUT2D eigenvalue weighted by molar-refractivity contribution is 9.10. The minimum atomic E-state index is 0.523. The molecule has 18 heavy (non-hydrogen) atoms. The zero-order chi connectivity index (χ0) is 13.0. The fourth-order valence-electron chi connectivity index (χ4n) is 1.65. The van der Waals surface area contributed by atoms with Crippen LogP contribution in [0.1, 0.15) is 5.56 Å². The topological polar surface area (TPSA) is 35.2 Å². The second kappa shape index (κ2) is 6.12. The van der Waals surface area contributed by atoms with E-state index in [1.54, 1.807) is 12.1 Å². The van der Waals surface area contributed by atoms with Crippen LogP contribution in [0.25, 0.3) is 0 Å². The van der Waals surface area contributed by atoms with E-state index in [0.29, 0.717) is 23.1 Å². The lowest BCUT2D eigenvalue weighted by Crippen LogP contribution is -2.04. The van der Waals surface area contributed by atoms with E-state index in [9.17, 15) is 0 Å². The van der Waals surface area contributed by atoms with Crippen molar-refractivity contribution in [1.82, 2.24) is 0 Å². The van der Waals surface area contributed by atoms with Gasteiger partial charge in [-0.1, -0.05) is 57.9 Å². The molecule has 0 atom stereocenters. The molecular weight excluding hydrogens is 314 g/mol. The van der Waals surface area contributed by atoms with Crippen molar-refractivity contribution in [3.8, 4) is 5.75 Å². The van der Waals surface area contributed by atoms with Crippen molar-refractivity contribution in [3.63, 3.8) is 0 Å². The van der Waals surface area contributed by atoms with E-state index in [0.717, 1.165) is 10.9 Å². The molecule has 2 nitrogen and oxygen atoms in total. The van der Waals surface area contributed by atoms with Gasteiger partial charge >= 0.3 is 0 Å². The first-order valence-corrected chi connectivity index (χ1v) is 6.75. The number of nitrogens with two attached hydrogens (primary N) is 1. The zero-order valence-corrected chi connectivity index (χ0v) is 12.0. The molecule has 0 heterocycles. The molecule has 2 aromatic rings. The second-order valence-electron chi connectivity index (χ2n) is 3.89. The number of anilines is 1. The van der Waals surface area contributed by atoms with Gasteiger partial charge in [-0.3, -0.25) is 0 Å². The molecular formula is C14H13BrClNO. The van der Waals surface area contributed by atoms with E-state index >= 15 is 0 Å². The van der Waals surface area contributed by atoms with E-state index < -0.39 is 0 Å².